The summed E-state index contributed by atoms with van der Waals surface area (Å²) < 4.78 is 5.34. The Hall–Kier alpha value is -1.46. The minimum atomic E-state index is 0.696. The molecule has 0 aromatic heterocycles. The van der Waals surface area contributed by atoms with Crippen LogP contribution in [0.4, 0.5) is 0 Å². The highest BCUT2D eigenvalue weighted by Gasteiger charge is 1.90. The van der Waals surface area contributed by atoms with Gasteiger partial charge in [-0.2, -0.15) is 0 Å². The van der Waals surface area contributed by atoms with Gasteiger partial charge in [0.15, 0.2) is 0 Å². The van der Waals surface area contributed by atoms with Gasteiger partial charge in [0.1, 0.15) is 5.75 Å². The molecule has 80 valence electrons. The highest BCUT2D eigenvalue weighted by Crippen LogP contribution is 2.11. The van der Waals surface area contributed by atoms with Gasteiger partial charge in [0.25, 0.3) is 0 Å². The first-order valence-electron chi connectivity index (χ1n) is 5.28. The molecule has 0 aliphatic rings. The first-order chi connectivity index (χ1) is 7.36. The van der Waals surface area contributed by atoms with E-state index in [4.69, 9.17) is 10.5 Å². The Bertz CT molecular complexity index is 332. The highest BCUT2D eigenvalue weighted by molar-refractivity contribution is 5.38. The van der Waals surface area contributed by atoms with Gasteiger partial charge in [-0.15, -0.1) is 0 Å². The summed E-state index contributed by atoms with van der Waals surface area (Å²) >= 11 is 0. The van der Waals surface area contributed by atoms with Crippen molar-refractivity contribution in [1.29, 1.82) is 0 Å². The van der Waals surface area contributed by atoms with E-state index in [1.54, 1.807) is 0 Å². The second-order valence-corrected chi connectivity index (χ2v) is 3.15. The Kier molecular flexibility index (Phi) is 5.35. The van der Waals surface area contributed by atoms with Crippen LogP contribution >= 0.6 is 0 Å². The molecule has 0 saturated heterocycles. The van der Waals surface area contributed by atoms with Crippen LogP contribution in [0.25, 0.3) is 0 Å². The Morgan fingerprint density at radius 3 is 2.60 bits per heavy atom. The van der Waals surface area contributed by atoms with Gasteiger partial charge in [-0.1, -0.05) is 11.8 Å². The van der Waals surface area contributed by atoms with Crippen molar-refractivity contribution in [3.8, 4) is 17.6 Å². The minimum Gasteiger partial charge on any atom is -0.494 e. The molecule has 0 spiro atoms. The van der Waals surface area contributed by atoms with E-state index in [0.29, 0.717) is 13.2 Å². The molecule has 1 aromatic rings. The quantitative estimate of drug-likeness (QED) is 0.601. The van der Waals surface area contributed by atoms with Crippen molar-refractivity contribution >= 4 is 0 Å². The molecular weight excluding hydrogens is 186 g/mol. The van der Waals surface area contributed by atoms with Crippen LogP contribution in [0.3, 0.4) is 0 Å². The van der Waals surface area contributed by atoms with Crippen molar-refractivity contribution in [2.45, 2.75) is 19.8 Å². The summed E-state index contributed by atoms with van der Waals surface area (Å²) in [5.74, 6) is 7.06. The van der Waals surface area contributed by atoms with E-state index in [2.05, 4.69) is 11.8 Å². The number of nitrogens with two attached hydrogens (primary N) is 1. The third-order valence-electron chi connectivity index (χ3n) is 1.90. The minimum absolute atomic E-state index is 0.696. The van der Waals surface area contributed by atoms with E-state index in [1.807, 2.05) is 31.2 Å². The standard InChI is InChI=1S/C13H17NO/c1-2-15-13-9-7-12(8-10-13)6-4-3-5-11-14/h7-10H,2-3,5,11,14H2,1H3. The van der Waals surface area contributed by atoms with Crippen LogP contribution in [0.5, 0.6) is 5.75 Å². The predicted octanol–water partition coefficient (Wildman–Crippen LogP) is 2.18. The largest absolute Gasteiger partial charge is 0.494 e. The normalized spacial score (nSPS) is 9.20. The Balaban J connectivity index is 2.51. The zero-order valence-corrected chi connectivity index (χ0v) is 9.12. The number of rotatable bonds is 4. The molecule has 0 bridgehead atoms. The van der Waals surface area contributed by atoms with Gasteiger partial charge in [0.2, 0.25) is 0 Å². The van der Waals surface area contributed by atoms with Crippen LogP contribution in [0.2, 0.25) is 0 Å². The van der Waals surface area contributed by atoms with Crippen LogP contribution in [0.1, 0.15) is 25.3 Å². The van der Waals surface area contributed by atoms with Crippen LogP contribution in [0, 0.1) is 11.8 Å². The zero-order chi connectivity index (χ0) is 10.9. The summed E-state index contributed by atoms with van der Waals surface area (Å²) in [6.07, 6.45) is 1.83. The SMILES string of the molecule is CCOc1ccc(C#CCCCN)cc1. The highest BCUT2D eigenvalue weighted by atomic mass is 16.5. The van der Waals surface area contributed by atoms with Gasteiger partial charge in [0, 0.05) is 12.0 Å². The molecule has 0 heterocycles. The van der Waals surface area contributed by atoms with E-state index >= 15 is 0 Å². The van der Waals surface area contributed by atoms with Gasteiger partial charge in [0.05, 0.1) is 6.61 Å². The molecule has 0 unspecified atom stereocenters. The first-order valence-corrected chi connectivity index (χ1v) is 5.28. The molecule has 2 heteroatoms. The van der Waals surface area contributed by atoms with Crippen molar-refractivity contribution in [1.82, 2.24) is 0 Å². The lowest BCUT2D eigenvalue weighted by molar-refractivity contribution is 0.340. The maximum atomic E-state index is 5.38. The van der Waals surface area contributed by atoms with E-state index in [1.165, 1.54) is 0 Å². The van der Waals surface area contributed by atoms with Gasteiger partial charge in [-0.25, -0.2) is 0 Å². The smallest absolute Gasteiger partial charge is 0.119 e. The molecule has 0 fully saturated rings. The molecule has 2 nitrogen and oxygen atoms in total. The topological polar surface area (TPSA) is 35.2 Å². The Morgan fingerprint density at radius 2 is 2.00 bits per heavy atom. The summed E-state index contributed by atoms with van der Waals surface area (Å²) in [6, 6.07) is 7.83. The second kappa shape index (κ2) is 6.92. The fraction of sp³-hybridized carbons (Fsp3) is 0.385. The maximum Gasteiger partial charge on any atom is 0.119 e. The molecule has 2 N–H and O–H groups in total. The van der Waals surface area contributed by atoms with Crippen LogP contribution in [-0.2, 0) is 0 Å². The number of hydrogen-bond acceptors (Lipinski definition) is 2. The fourth-order valence-corrected chi connectivity index (χ4v) is 1.16. The summed E-state index contributed by atoms with van der Waals surface area (Å²) in [7, 11) is 0. The maximum absolute atomic E-state index is 5.38. The second-order valence-electron chi connectivity index (χ2n) is 3.15. The zero-order valence-electron chi connectivity index (χ0n) is 9.12. The fourth-order valence-electron chi connectivity index (χ4n) is 1.16. The van der Waals surface area contributed by atoms with Gasteiger partial charge in [-0.05, 0) is 44.2 Å². The van der Waals surface area contributed by atoms with E-state index in [0.717, 1.165) is 24.2 Å². The summed E-state index contributed by atoms with van der Waals surface area (Å²) in [5, 5.41) is 0. The van der Waals surface area contributed by atoms with Crippen LogP contribution < -0.4 is 10.5 Å². The summed E-state index contributed by atoms with van der Waals surface area (Å²) in [6.45, 7) is 3.38. The molecule has 1 aromatic carbocycles. The summed E-state index contributed by atoms with van der Waals surface area (Å²) in [5.41, 5.74) is 6.40. The molecular formula is C13H17NO. The lowest BCUT2D eigenvalue weighted by atomic mass is 10.2. The molecule has 1 rings (SSSR count). The molecule has 15 heavy (non-hydrogen) atoms. The molecule has 0 radical (unpaired) electrons. The monoisotopic (exact) mass is 203 g/mol. The number of hydrogen-bond donors (Lipinski definition) is 1. The molecule has 0 saturated carbocycles. The lowest BCUT2D eigenvalue weighted by Crippen LogP contribution is -1.96. The average molecular weight is 203 g/mol. The Labute approximate surface area is 91.4 Å². The van der Waals surface area contributed by atoms with Crippen molar-refractivity contribution in [2.75, 3.05) is 13.2 Å². The average Bonchev–Trinajstić information content (AvgIpc) is 2.27. The van der Waals surface area contributed by atoms with Crippen LogP contribution in [-0.4, -0.2) is 13.2 Å². The third-order valence-corrected chi connectivity index (χ3v) is 1.90. The summed E-state index contributed by atoms with van der Waals surface area (Å²) in [4.78, 5) is 0. The lowest BCUT2D eigenvalue weighted by Gasteiger charge is -2.01. The predicted molar refractivity (Wildman–Crippen MR) is 62.8 cm³/mol. The van der Waals surface area contributed by atoms with Gasteiger partial charge in [-0.3, -0.25) is 0 Å². The molecule has 0 aliphatic heterocycles. The van der Waals surface area contributed by atoms with E-state index < -0.39 is 0 Å². The first kappa shape index (κ1) is 11.6. The molecule has 0 atom stereocenters. The van der Waals surface area contributed by atoms with E-state index in [9.17, 15) is 0 Å². The number of unbranched alkanes of at least 4 members (excludes halogenated alkanes) is 1. The van der Waals surface area contributed by atoms with Crippen molar-refractivity contribution < 1.29 is 4.74 Å². The molecule has 0 amide bonds. The molecule has 0 aliphatic carbocycles. The van der Waals surface area contributed by atoms with Crippen molar-refractivity contribution in [3.05, 3.63) is 29.8 Å². The number of ether oxygens (including phenoxy) is 1. The van der Waals surface area contributed by atoms with Gasteiger partial charge >= 0.3 is 0 Å². The number of benzene rings is 1. The third kappa shape index (κ3) is 4.53. The van der Waals surface area contributed by atoms with Crippen LogP contribution in [0.15, 0.2) is 24.3 Å². The Morgan fingerprint density at radius 1 is 1.27 bits per heavy atom. The van der Waals surface area contributed by atoms with Gasteiger partial charge < -0.3 is 10.5 Å². The van der Waals surface area contributed by atoms with E-state index in [-0.39, 0.29) is 0 Å². The van der Waals surface area contributed by atoms with Crippen molar-refractivity contribution in [3.63, 3.8) is 0 Å². The van der Waals surface area contributed by atoms with Crippen molar-refractivity contribution in [2.24, 2.45) is 5.73 Å².